The van der Waals surface area contributed by atoms with Gasteiger partial charge in [-0.3, -0.25) is 14.1 Å². The Kier molecular flexibility index (Phi) is 6.39. The first-order valence-corrected chi connectivity index (χ1v) is 11.6. The van der Waals surface area contributed by atoms with Crippen LogP contribution in [0, 0.1) is 5.92 Å². The molecule has 1 aliphatic rings. The maximum absolute atomic E-state index is 12.9. The highest BCUT2D eigenvalue weighted by Gasteiger charge is 2.28. The van der Waals surface area contributed by atoms with Gasteiger partial charge in [0.2, 0.25) is 17.7 Å². The van der Waals surface area contributed by atoms with Crippen LogP contribution in [0.4, 0.5) is 0 Å². The Bertz CT molecular complexity index is 1300. The smallest absolute Gasteiger partial charge is 0.330 e. The van der Waals surface area contributed by atoms with Crippen LogP contribution in [0.5, 0.6) is 5.88 Å². The van der Waals surface area contributed by atoms with Crippen LogP contribution in [-0.2, 0) is 18.3 Å². The maximum Gasteiger partial charge on any atom is 0.330 e. The second kappa shape index (κ2) is 9.76. The van der Waals surface area contributed by atoms with E-state index in [0.29, 0.717) is 49.0 Å². The highest BCUT2D eigenvalue weighted by Crippen LogP contribution is 2.36. The molecule has 0 bridgehead atoms. The third kappa shape index (κ3) is 4.45. The van der Waals surface area contributed by atoms with E-state index in [1.54, 1.807) is 41.8 Å². The van der Waals surface area contributed by atoms with Gasteiger partial charge in [-0.2, -0.15) is 4.98 Å². The Morgan fingerprint density at radius 2 is 1.97 bits per heavy atom. The minimum atomic E-state index is -0.0586. The fourth-order valence-corrected chi connectivity index (χ4v) is 4.59. The van der Waals surface area contributed by atoms with Crippen molar-refractivity contribution >= 4 is 11.2 Å². The fourth-order valence-electron chi connectivity index (χ4n) is 4.59. The number of pyridine rings is 2. The lowest BCUT2D eigenvalue weighted by molar-refractivity contribution is 0.144. The highest BCUT2D eigenvalue weighted by atomic mass is 16.5. The second-order valence-corrected chi connectivity index (χ2v) is 8.69. The maximum atomic E-state index is 12.9. The number of nitrogens with zero attached hydrogens (tertiary/aromatic N) is 6. The van der Waals surface area contributed by atoms with E-state index in [9.17, 15) is 4.79 Å². The summed E-state index contributed by atoms with van der Waals surface area (Å²) < 4.78 is 20.1. The average molecular weight is 465 g/mol. The van der Waals surface area contributed by atoms with E-state index < -0.39 is 0 Å². The van der Waals surface area contributed by atoms with Crippen molar-refractivity contribution in [2.24, 2.45) is 13.0 Å². The molecule has 1 fully saturated rings. The van der Waals surface area contributed by atoms with Crippen LogP contribution >= 0.6 is 0 Å². The van der Waals surface area contributed by atoms with Crippen molar-refractivity contribution in [1.82, 2.24) is 29.3 Å². The molecular formula is C24H28N6O4. The molecule has 0 atom stereocenters. The Labute approximate surface area is 196 Å². The van der Waals surface area contributed by atoms with Gasteiger partial charge in [-0.15, -0.1) is 10.2 Å². The SMILES string of the molecule is COCCOc1ccc2c(n1)n(CC1CCC(c3nnc(-c4cccnc4)o3)CC1)c(=O)n2C. The van der Waals surface area contributed by atoms with E-state index in [0.717, 1.165) is 36.8 Å². The van der Waals surface area contributed by atoms with Gasteiger partial charge in [-0.1, -0.05) is 0 Å². The summed E-state index contributed by atoms with van der Waals surface area (Å²) >= 11 is 0. The minimum Gasteiger partial charge on any atom is -0.475 e. The average Bonchev–Trinajstić information content (AvgIpc) is 3.45. The van der Waals surface area contributed by atoms with Crippen LogP contribution in [0.2, 0.25) is 0 Å². The monoisotopic (exact) mass is 464 g/mol. The van der Waals surface area contributed by atoms with E-state index >= 15 is 0 Å². The number of ether oxygens (including phenoxy) is 2. The molecule has 0 saturated heterocycles. The van der Waals surface area contributed by atoms with Crippen molar-refractivity contribution in [1.29, 1.82) is 0 Å². The summed E-state index contributed by atoms with van der Waals surface area (Å²) in [6.45, 7) is 1.52. The van der Waals surface area contributed by atoms with Gasteiger partial charge in [0, 0.05) is 45.1 Å². The number of imidazole rings is 1. The second-order valence-electron chi connectivity index (χ2n) is 8.69. The van der Waals surface area contributed by atoms with Crippen LogP contribution in [0.3, 0.4) is 0 Å². The lowest BCUT2D eigenvalue weighted by Gasteiger charge is -2.26. The number of methoxy groups -OCH3 is 1. The zero-order valence-electron chi connectivity index (χ0n) is 19.4. The van der Waals surface area contributed by atoms with Crippen LogP contribution in [0.25, 0.3) is 22.6 Å². The van der Waals surface area contributed by atoms with Crippen LogP contribution in [-0.4, -0.2) is 49.6 Å². The molecule has 0 radical (unpaired) electrons. The molecular weight excluding hydrogens is 436 g/mol. The van der Waals surface area contributed by atoms with Crippen molar-refractivity contribution in [3.8, 4) is 17.3 Å². The number of hydrogen-bond donors (Lipinski definition) is 0. The standard InChI is InChI=1S/C24H28N6O4/c1-29-19-9-10-20(33-13-12-32-2)26-21(19)30(24(29)31)15-16-5-7-17(8-6-16)22-27-28-23(34-22)18-4-3-11-25-14-18/h3-4,9-11,14,16-17H,5-8,12-13,15H2,1-2H3. The van der Waals surface area contributed by atoms with E-state index in [-0.39, 0.29) is 11.6 Å². The quantitative estimate of drug-likeness (QED) is 0.366. The van der Waals surface area contributed by atoms with Gasteiger partial charge in [0.1, 0.15) is 6.61 Å². The number of hydrogen-bond acceptors (Lipinski definition) is 8. The first kappa shape index (κ1) is 22.3. The molecule has 0 unspecified atom stereocenters. The molecule has 10 nitrogen and oxygen atoms in total. The van der Waals surface area contributed by atoms with Crippen molar-refractivity contribution in [3.63, 3.8) is 0 Å². The molecule has 178 valence electrons. The fraction of sp³-hybridized carbons (Fsp3) is 0.458. The van der Waals surface area contributed by atoms with Gasteiger partial charge in [-0.25, -0.2) is 4.79 Å². The molecule has 5 rings (SSSR count). The molecule has 10 heteroatoms. The van der Waals surface area contributed by atoms with E-state index in [2.05, 4.69) is 20.2 Å². The molecule has 4 aromatic rings. The summed E-state index contributed by atoms with van der Waals surface area (Å²) in [6, 6.07) is 7.43. The minimum absolute atomic E-state index is 0.0586. The topological polar surface area (TPSA) is 110 Å². The third-order valence-electron chi connectivity index (χ3n) is 6.49. The van der Waals surface area contributed by atoms with E-state index in [1.807, 2.05) is 18.2 Å². The zero-order valence-corrected chi connectivity index (χ0v) is 19.4. The Hall–Kier alpha value is -3.53. The predicted molar refractivity (Wildman–Crippen MR) is 125 cm³/mol. The Morgan fingerprint density at radius 1 is 1.12 bits per heavy atom. The Morgan fingerprint density at radius 3 is 2.74 bits per heavy atom. The van der Waals surface area contributed by atoms with Gasteiger partial charge >= 0.3 is 5.69 Å². The zero-order chi connectivity index (χ0) is 23.5. The van der Waals surface area contributed by atoms with Gasteiger partial charge < -0.3 is 13.9 Å². The van der Waals surface area contributed by atoms with Crippen molar-refractivity contribution in [2.75, 3.05) is 20.3 Å². The Balaban J connectivity index is 1.27. The van der Waals surface area contributed by atoms with Gasteiger partial charge in [0.15, 0.2) is 5.65 Å². The first-order chi connectivity index (χ1) is 16.6. The van der Waals surface area contributed by atoms with Gasteiger partial charge in [-0.05, 0) is 49.8 Å². The summed E-state index contributed by atoms with van der Waals surface area (Å²) in [5, 5.41) is 8.49. The molecule has 0 aromatic carbocycles. The summed E-state index contributed by atoms with van der Waals surface area (Å²) in [4.78, 5) is 21.7. The highest BCUT2D eigenvalue weighted by molar-refractivity contribution is 5.72. The summed E-state index contributed by atoms with van der Waals surface area (Å²) in [5.41, 5.74) is 2.22. The van der Waals surface area contributed by atoms with Crippen LogP contribution in [0.15, 0.2) is 45.9 Å². The van der Waals surface area contributed by atoms with Crippen molar-refractivity contribution < 1.29 is 13.9 Å². The van der Waals surface area contributed by atoms with Gasteiger partial charge in [0.05, 0.1) is 17.7 Å². The largest absolute Gasteiger partial charge is 0.475 e. The van der Waals surface area contributed by atoms with E-state index in [1.165, 1.54) is 0 Å². The molecule has 4 aromatic heterocycles. The molecule has 1 saturated carbocycles. The molecule has 0 N–H and O–H groups in total. The lowest BCUT2D eigenvalue weighted by Crippen LogP contribution is -2.27. The number of aromatic nitrogens is 6. The molecule has 0 aliphatic heterocycles. The molecule has 0 spiro atoms. The summed E-state index contributed by atoms with van der Waals surface area (Å²) in [7, 11) is 3.41. The molecule has 0 amide bonds. The summed E-state index contributed by atoms with van der Waals surface area (Å²) in [6.07, 6.45) is 7.27. The molecule has 4 heterocycles. The summed E-state index contributed by atoms with van der Waals surface area (Å²) in [5.74, 6) is 2.28. The first-order valence-electron chi connectivity index (χ1n) is 11.6. The number of aryl methyl sites for hydroxylation is 1. The van der Waals surface area contributed by atoms with Crippen LogP contribution in [0.1, 0.15) is 37.5 Å². The van der Waals surface area contributed by atoms with Crippen molar-refractivity contribution in [3.05, 3.63) is 53.0 Å². The van der Waals surface area contributed by atoms with Crippen molar-refractivity contribution in [2.45, 2.75) is 38.1 Å². The third-order valence-corrected chi connectivity index (χ3v) is 6.49. The predicted octanol–water partition coefficient (Wildman–Crippen LogP) is 3.18. The molecule has 1 aliphatic carbocycles. The lowest BCUT2D eigenvalue weighted by atomic mass is 9.82. The van der Waals surface area contributed by atoms with Crippen LogP contribution < -0.4 is 10.4 Å². The molecule has 34 heavy (non-hydrogen) atoms. The number of fused-ring (bicyclic) bond motifs is 1. The normalized spacial score (nSPS) is 18.4. The van der Waals surface area contributed by atoms with E-state index in [4.69, 9.17) is 13.9 Å². The van der Waals surface area contributed by atoms with Gasteiger partial charge in [0.25, 0.3) is 0 Å². The number of rotatable bonds is 8.